The van der Waals surface area contributed by atoms with Gasteiger partial charge in [-0.2, -0.15) is 0 Å². The molecule has 0 radical (unpaired) electrons. The first-order valence-electron chi connectivity index (χ1n) is 10.6. The van der Waals surface area contributed by atoms with E-state index in [1.807, 2.05) is 13.0 Å². The summed E-state index contributed by atoms with van der Waals surface area (Å²) in [5.74, 6) is -2.93. The number of anilines is 1. The van der Waals surface area contributed by atoms with E-state index in [-0.39, 0.29) is 11.7 Å². The largest absolute Gasteiger partial charge is 0.391 e. The summed E-state index contributed by atoms with van der Waals surface area (Å²) in [7, 11) is 0. The molecule has 0 saturated heterocycles. The average molecular weight is 536 g/mol. The minimum absolute atomic E-state index is 0.0999. The van der Waals surface area contributed by atoms with Crippen LogP contribution in [0.1, 0.15) is 41.3 Å². The Morgan fingerprint density at radius 3 is 2.34 bits per heavy atom. The van der Waals surface area contributed by atoms with Crippen molar-refractivity contribution in [2.24, 2.45) is 5.16 Å². The van der Waals surface area contributed by atoms with Gasteiger partial charge in [-0.1, -0.05) is 66.0 Å². The number of nitrogens with zero attached hydrogens (tertiary/aromatic N) is 1. The number of benzene rings is 3. The van der Waals surface area contributed by atoms with Gasteiger partial charge in [0.05, 0.1) is 15.8 Å². The molecule has 1 amide bonds. The minimum atomic E-state index is -0.981. The predicted molar refractivity (Wildman–Crippen MR) is 139 cm³/mol. The minimum Gasteiger partial charge on any atom is -0.391 e. The smallest absolute Gasteiger partial charge is 0.263 e. The Morgan fingerprint density at radius 1 is 1.03 bits per heavy atom. The van der Waals surface area contributed by atoms with Gasteiger partial charge >= 0.3 is 0 Å². The molecule has 0 saturated carbocycles. The number of hydrogen-bond donors (Lipinski definition) is 2. The number of amides is 1. The van der Waals surface area contributed by atoms with Crippen LogP contribution in [0.5, 0.6) is 0 Å². The van der Waals surface area contributed by atoms with Crippen LogP contribution in [-0.2, 0) is 11.4 Å². The molecule has 5 nitrogen and oxygen atoms in total. The van der Waals surface area contributed by atoms with Crippen LogP contribution in [0.2, 0.25) is 10.0 Å². The third-order valence-corrected chi connectivity index (χ3v) is 5.72. The highest BCUT2D eigenvalue weighted by Crippen LogP contribution is 2.24. The summed E-state index contributed by atoms with van der Waals surface area (Å²) in [4.78, 5) is 17.7. The standard InChI is InChI=1S/C25H21Cl2F2N3O2S/c1-2-4-22(16-9-12-18(26)19(27)13-16)32-34-14-15-7-10-17(11-8-15)30-25(35)31-24(33)23-20(28)5-3-6-21(23)29/h3,5-13H,2,4,14H2,1H3,(H2,30,31,33,35)/b32-22+. The Kier molecular flexibility index (Phi) is 9.54. The van der Waals surface area contributed by atoms with Crippen molar-refractivity contribution in [3.8, 4) is 0 Å². The monoisotopic (exact) mass is 535 g/mol. The molecule has 0 heterocycles. The number of rotatable bonds is 8. The van der Waals surface area contributed by atoms with Crippen molar-refractivity contribution in [3.05, 3.63) is 99.0 Å². The fourth-order valence-electron chi connectivity index (χ4n) is 3.07. The number of carbonyl (C=O) groups excluding carboxylic acids is 1. The van der Waals surface area contributed by atoms with Gasteiger partial charge in [0.2, 0.25) is 0 Å². The van der Waals surface area contributed by atoms with Crippen LogP contribution in [0.15, 0.2) is 65.8 Å². The summed E-state index contributed by atoms with van der Waals surface area (Å²) < 4.78 is 27.5. The topological polar surface area (TPSA) is 62.7 Å². The molecule has 0 fully saturated rings. The van der Waals surface area contributed by atoms with E-state index in [1.54, 1.807) is 36.4 Å². The first kappa shape index (κ1) is 26.5. The molecule has 0 aliphatic heterocycles. The van der Waals surface area contributed by atoms with Crippen LogP contribution in [0.4, 0.5) is 14.5 Å². The van der Waals surface area contributed by atoms with Crippen LogP contribution in [0.25, 0.3) is 0 Å². The maximum absolute atomic E-state index is 13.8. The number of halogens is 4. The number of oxime groups is 1. The fourth-order valence-corrected chi connectivity index (χ4v) is 3.58. The number of hydrogen-bond acceptors (Lipinski definition) is 4. The second-order valence-electron chi connectivity index (χ2n) is 7.39. The van der Waals surface area contributed by atoms with Gasteiger partial charge in [-0.3, -0.25) is 10.1 Å². The van der Waals surface area contributed by atoms with E-state index in [4.69, 9.17) is 40.3 Å². The van der Waals surface area contributed by atoms with E-state index in [2.05, 4.69) is 15.8 Å². The molecule has 0 unspecified atom stereocenters. The number of nitrogens with one attached hydrogen (secondary N) is 2. The van der Waals surface area contributed by atoms with Crippen LogP contribution >= 0.6 is 35.4 Å². The molecule has 0 spiro atoms. The van der Waals surface area contributed by atoms with Gasteiger partial charge in [0.1, 0.15) is 23.8 Å². The molecule has 3 aromatic rings. The third kappa shape index (κ3) is 7.45. The highest BCUT2D eigenvalue weighted by atomic mass is 35.5. The van der Waals surface area contributed by atoms with Gasteiger partial charge in [0.25, 0.3) is 5.91 Å². The number of thiocarbonyl (C=S) groups is 1. The second kappa shape index (κ2) is 12.6. The van der Waals surface area contributed by atoms with E-state index in [0.717, 1.165) is 35.4 Å². The molecular formula is C25H21Cl2F2N3O2S. The van der Waals surface area contributed by atoms with E-state index >= 15 is 0 Å². The predicted octanol–water partition coefficient (Wildman–Crippen LogP) is 7.12. The fraction of sp³-hybridized carbons (Fsp3) is 0.160. The summed E-state index contributed by atoms with van der Waals surface area (Å²) >= 11 is 17.2. The van der Waals surface area contributed by atoms with Crippen LogP contribution in [0.3, 0.4) is 0 Å². The molecule has 2 N–H and O–H groups in total. The Balaban J connectivity index is 1.57. The highest BCUT2D eigenvalue weighted by molar-refractivity contribution is 7.80. The van der Waals surface area contributed by atoms with Crippen molar-refractivity contribution in [2.45, 2.75) is 26.4 Å². The summed E-state index contributed by atoms with van der Waals surface area (Å²) in [6.45, 7) is 2.26. The van der Waals surface area contributed by atoms with Gasteiger partial charge in [0.15, 0.2) is 5.11 Å². The lowest BCUT2D eigenvalue weighted by Crippen LogP contribution is -2.35. The molecule has 0 atom stereocenters. The van der Waals surface area contributed by atoms with Crippen LogP contribution in [-0.4, -0.2) is 16.7 Å². The van der Waals surface area contributed by atoms with Gasteiger partial charge in [-0.15, -0.1) is 0 Å². The second-order valence-corrected chi connectivity index (χ2v) is 8.61. The summed E-state index contributed by atoms with van der Waals surface area (Å²) in [6, 6.07) is 15.5. The first-order chi connectivity index (χ1) is 16.8. The van der Waals surface area contributed by atoms with E-state index < -0.39 is 23.1 Å². The molecule has 3 rings (SSSR count). The molecule has 182 valence electrons. The Hall–Kier alpha value is -3.07. The molecule has 0 aliphatic carbocycles. The molecule has 35 heavy (non-hydrogen) atoms. The van der Waals surface area contributed by atoms with Crippen molar-refractivity contribution < 1.29 is 18.4 Å². The summed E-state index contributed by atoms with van der Waals surface area (Å²) in [5.41, 5.74) is 2.31. The zero-order valence-corrected chi connectivity index (χ0v) is 20.9. The Morgan fingerprint density at radius 2 is 1.71 bits per heavy atom. The van der Waals surface area contributed by atoms with Gasteiger partial charge in [-0.05, 0) is 60.6 Å². The molecular weight excluding hydrogens is 515 g/mol. The summed E-state index contributed by atoms with van der Waals surface area (Å²) in [5, 5.41) is 10.1. The summed E-state index contributed by atoms with van der Waals surface area (Å²) in [6.07, 6.45) is 1.59. The average Bonchev–Trinajstić information content (AvgIpc) is 2.81. The van der Waals surface area contributed by atoms with Gasteiger partial charge in [-0.25, -0.2) is 8.78 Å². The van der Waals surface area contributed by atoms with Crippen molar-refractivity contribution in [3.63, 3.8) is 0 Å². The Bertz CT molecular complexity index is 1230. The Labute approximate surface area is 217 Å². The van der Waals surface area contributed by atoms with Crippen molar-refractivity contribution in [1.29, 1.82) is 0 Å². The maximum atomic E-state index is 13.8. The highest BCUT2D eigenvalue weighted by Gasteiger charge is 2.18. The van der Waals surface area contributed by atoms with Crippen molar-refractivity contribution >= 4 is 57.8 Å². The third-order valence-electron chi connectivity index (χ3n) is 4.77. The lowest BCUT2D eigenvalue weighted by molar-refractivity contribution is 0.0969. The molecule has 0 aromatic heterocycles. The molecule has 0 aliphatic rings. The normalized spacial score (nSPS) is 11.2. The van der Waals surface area contributed by atoms with E-state index in [0.29, 0.717) is 22.2 Å². The van der Waals surface area contributed by atoms with Crippen LogP contribution in [0, 0.1) is 11.6 Å². The van der Waals surface area contributed by atoms with Crippen molar-refractivity contribution in [2.75, 3.05) is 5.32 Å². The lowest BCUT2D eigenvalue weighted by Gasteiger charge is -2.11. The van der Waals surface area contributed by atoms with E-state index in [9.17, 15) is 13.6 Å². The van der Waals surface area contributed by atoms with E-state index in [1.165, 1.54) is 6.07 Å². The maximum Gasteiger partial charge on any atom is 0.263 e. The molecule has 0 bridgehead atoms. The SMILES string of the molecule is CCC/C(=N\OCc1ccc(NC(=S)NC(=O)c2c(F)cccc2F)cc1)c1ccc(Cl)c(Cl)c1. The zero-order chi connectivity index (χ0) is 25.4. The quantitative estimate of drug-likeness (QED) is 0.183. The van der Waals surface area contributed by atoms with Crippen molar-refractivity contribution in [1.82, 2.24) is 5.32 Å². The zero-order valence-electron chi connectivity index (χ0n) is 18.6. The first-order valence-corrected chi connectivity index (χ1v) is 11.7. The van der Waals surface area contributed by atoms with Gasteiger partial charge in [0, 0.05) is 11.3 Å². The van der Waals surface area contributed by atoms with Crippen LogP contribution < -0.4 is 10.6 Å². The number of carbonyl (C=O) groups is 1. The van der Waals surface area contributed by atoms with Gasteiger partial charge < -0.3 is 10.2 Å². The molecule has 10 heteroatoms. The lowest BCUT2D eigenvalue weighted by atomic mass is 10.1. The molecule has 3 aromatic carbocycles.